The molecule has 2 rings (SSSR count). The van der Waals surface area contributed by atoms with E-state index in [4.69, 9.17) is 0 Å². The number of hydrogen-bond donors (Lipinski definition) is 0. The molecule has 1 aliphatic rings. The molecule has 0 heterocycles. The number of hydroxylamine groups is 1. The lowest BCUT2D eigenvalue weighted by molar-refractivity contribution is -0.469. The molecule has 2 heteroatoms. The van der Waals surface area contributed by atoms with E-state index in [0.29, 0.717) is 6.54 Å². The minimum atomic E-state index is 0.404. The van der Waals surface area contributed by atoms with Crippen LogP contribution in [0.15, 0.2) is 41.5 Å². The summed E-state index contributed by atoms with van der Waals surface area (Å²) in [5.74, 6) is 6.57. The van der Waals surface area contributed by atoms with Crippen LogP contribution in [0.5, 0.6) is 0 Å². The van der Waals surface area contributed by atoms with Crippen LogP contribution in [0.1, 0.15) is 57.4 Å². The van der Waals surface area contributed by atoms with Crippen molar-refractivity contribution in [1.29, 1.82) is 0 Å². The zero-order valence-electron chi connectivity index (χ0n) is 13.5. The standard InChI is InChI=1S/C20H25NO/c1-2-3-4-8-13-19-14-9-10-15-20(19)17-21(22)16-18-11-6-5-7-12-18/h5-7,11-12,17H,2-4,9-10,14-16H2,1H3/b21-17-. The first-order valence-corrected chi connectivity index (χ1v) is 8.33. The van der Waals surface area contributed by atoms with Crippen LogP contribution >= 0.6 is 0 Å². The van der Waals surface area contributed by atoms with E-state index in [9.17, 15) is 5.21 Å². The third-order valence-corrected chi connectivity index (χ3v) is 3.89. The second-order valence-electron chi connectivity index (χ2n) is 5.81. The molecular formula is C20H25NO. The highest BCUT2D eigenvalue weighted by molar-refractivity contribution is 5.77. The molecule has 0 radical (unpaired) electrons. The lowest BCUT2D eigenvalue weighted by Gasteiger charge is -2.13. The number of allylic oxidation sites excluding steroid dienone is 2. The predicted molar refractivity (Wildman–Crippen MR) is 92.6 cm³/mol. The summed E-state index contributed by atoms with van der Waals surface area (Å²) >= 11 is 0. The number of unbranched alkanes of at least 4 members (excludes halogenated alkanes) is 2. The number of rotatable bonds is 5. The normalized spacial score (nSPS) is 15.4. The van der Waals surface area contributed by atoms with Gasteiger partial charge in [0.15, 0.2) is 12.8 Å². The van der Waals surface area contributed by atoms with Gasteiger partial charge >= 0.3 is 0 Å². The fourth-order valence-electron chi connectivity index (χ4n) is 2.63. The summed E-state index contributed by atoms with van der Waals surface area (Å²) < 4.78 is 1.05. The number of nitrogens with zero attached hydrogens (tertiary/aromatic N) is 1. The Morgan fingerprint density at radius 3 is 2.73 bits per heavy atom. The van der Waals surface area contributed by atoms with Crippen molar-refractivity contribution in [1.82, 2.24) is 0 Å². The van der Waals surface area contributed by atoms with Gasteiger partial charge in [-0.3, -0.25) is 0 Å². The highest BCUT2D eigenvalue weighted by Crippen LogP contribution is 2.23. The van der Waals surface area contributed by atoms with Gasteiger partial charge in [0.1, 0.15) is 0 Å². The van der Waals surface area contributed by atoms with Crippen molar-refractivity contribution in [3.05, 3.63) is 52.2 Å². The molecule has 0 amide bonds. The molecule has 0 saturated heterocycles. The Kier molecular flexibility index (Phi) is 6.77. The van der Waals surface area contributed by atoms with E-state index in [-0.39, 0.29) is 0 Å². The first-order chi connectivity index (χ1) is 10.8. The van der Waals surface area contributed by atoms with Crippen molar-refractivity contribution >= 4 is 6.21 Å². The van der Waals surface area contributed by atoms with Crippen molar-refractivity contribution in [2.75, 3.05) is 0 Å². The summed E-state index contributed by atoms with van der Waals surface area (Å²) in [6.07, 6.45) is 9.39. The molecule has 0 saturated carbocycles. The van der Waals surface area contributed by atoms with E-state index >= 15 is 0 Å². The van der Waals surface area contributed by atoms with Gasteiger partial charge in [-0.2, -0.15) is 0 Å². The van der Waals surface area contributed by atoms with Crippen molar-refractivity contribution in [2.45, 2.75) is 58.4 Å². The van der Waals surface area contributed by atoms with Crippen molar-refractivity contribution < 1.29 is 4.74 Å². The summed E-state index contributed by atoms with van der Waals surface area (Å²) in [4.78, 5) is 0. The van der Waals surface area contributed by atoms with Crippen LogP contribution in [-0.2, 0) is 6.54 Å². The Bertz CT molecular complexity index is 587. The lowest BCUT2D eigenvalue weighted by Crippen LogP contribution is -2.10. The summed E-state index contributed by atoms with van der Waals surface area (Å²) in [5, 5.41) is 12.2. The molecule has 0 aromatic heterocycles. The Hall–Kier alpha value is -2.01. The van der Waals surface area contributed by atoms with Gasteiger partial charge in [-0.15, -0.1) is 0 Å². The molecule has 116 valence electrons. The molecule has 1 aliphatic carbocycles. The third kappa shape index (κ3) is 5.41. The van der Waals surface area contributed by atoms with Crippen LogP contribution in [0, 0.1) is 17.0 Å². The molecule has 1 aromatic carbocycles. The second-order valence-corrected chi connectivity index (χ2v) is 5.81. The topological polar surface area (TPSA) is 26.1 Å². The van der Waals surface area contributed by atoms with Crippen LogP contribution < -0.4 is 0 Å². The zero-order chi connectivity index (χ0) is 15.6. The first-order valence-electron chi connectivity index (χ1n) is 8.33. The largest absolute Gasteiger partial charge is 0.624 e. The molecule has 0 unspecified atom stereocenters. The second kappa shape index (κ2) is 9.10. The molecule has 1 aromatic rings. The minimum Gasteiger partial charge on any atom is -0.624 e. The molecule has 0 fully saturated rings. The van der Waals surface area contributed by atoms with Crippen molar-refractivity contribution in [3.8, 4) is 11.8 Å². The van der Waals surface area contributed by atoms with E-state index in [1.54, 1.807) is 6.21 Å². The number of benzene rings is 1. The highest BCUT2D eigenvalue weighted by Gasteiger charge is 2.12. The predicted octanol–water partition coefficient (Wildman–Crippen LogP) is 4.83. The minimum absolute atomic E-state index is 0.404. The van der Waals surface area contributed by atoms with Gasteiger partial charge < -0.3 is 5.21 Å². The summed E-state index contributed by atoms with van der Waals surface area (Å²) in [5.41, 5.74) is 3.36. The lowest BCUT2D eigenvalue weighted by atomic mass is 9.92. The van der Waals surface area contributed by atoms with Crippen molar-refractivity contribution in [3.63, 3.8) is 0 Å². The van der Waals surface area contributed by atoms with E-state index in [1.165, 1.54) is 18.4 Å². The molecule has 0 spiro atoms. The van der Waals surface area contributed by atoms with Crippen molar-refractivity contribution in [2.24, 2.45) is 0 Å². The molecule has 0 atom stereocenters. The van der Waals surface area contributed by atoms with Crippen LogP contribution in [0.3, 0.4) is 0 Å². The molecule has 0 bridgehead atoms. The maximum atomic E-state index is 12.2. The van der Waals surface area contributed by atoms with E-state index in [1.807, 2.05) is 30.3 Å². The Morgan fingerprint density at radius 1 is 1.18 bits per heavy atom. The SMILES string of the molecule is CCCCC#CC1=C(/C=[N+](\[O-])Cc2ccccc2)CCCC1. The monoisotopic (exact) mass is 295 g/mol. The van der Waals surface area contributed by atoms with Crippen LogP contribution in [-0.4, -0.2) is 11.0 Å². The maximum absolute atomic E-state index is 12.2. The average molecular weight is 295 g/mol. The van der Waals surface area contributed by atoms with Crippen LogP contribution in [0.4, 0.5) is 0 Å². The fraction of sp³-hybridized carbons (Fsp3) is 0.450. The van der Waals surface area contributed by atoms with Gasteiger partial charge in [0.05, 0.1) is 0 Å². The van der Waals surface area contributed by atoms with Crippen LogP contribution in [0.25, 0.3) is 0 Å². The first kappa shape index (κ1) is 16.4. The van der Waals surface area contributed by atoms with Gasteiger partial charge in [0.25, 0.3) is 0 Å². The average Bonchev–Trinajstić information content (AvgIpc) is 2.54. The summed E-state index contributed by atoms with van der Waals surface area (Å²) in [6.45, 7) is 2.58. The molecule has 0 aliphatic heterocycles. The summed E-state index contributed by atoms with van der Waals surface area (Å²) in [6, 6.07) is 9.87. The summed E-state index contributed by atoms with van der Waals surface area (Å²) in [7, 11) is 0. The molecule has 2 nitrogen and oxygen atoms in total. The molecule has 22 heavy (non-hydrogen) atoms. The fourth-order valence-corrected chi connectivity index (χ4v) is 2.63. The zero-order valence-corrected chi connectivity index (χ0v) is 13.5. The molecule has 0 N–H and O–H groups in total. The Labute approximate surface area is 134 Å². The number of hydrogen-bond acceptors (Lipinski definition) is 1. The smallest absolute Gasteiger partial charge is 0.178 e. The Morgan fingerprint density at radius 2 is 1.95 bits per heavy atom. The maximum Gasteiger partial charge on any atom is 0.178 e. The van der Waals surface area contributed by atoms with Gasteiger partial charge in [-0.1, -0.05) is 55.5 Å². The highest BCUT2D eigenvalue weighted by atomic mass is 16.5. The van der Waals surface area contributed by atoms with Gasteiger partial charge in [-0.05, 0) is 32.1 Å². The van der Waals surface area contributed by atoms with Gasteiger partial charge in [-0.25, -0.2) is 4.74 Å². The van der Waals surface area contributed by atoms with E-state index in [2.05, 4.69) is 18.8 Å². The molecular weight excluding hydrogens is 270 g/mol. The van der Waals surface area contributed by atoms with E-state index < -0.39 is 0 Å². The van der Waals surface area contributed by atoms with Gasteiger partial charge in [0, 0.05) is 23.1 Å². The quantitative estimate of drug-likeness (QED) is 0.191. The third-order valence-electron chi connectivity index (χ3n) is 3.89. The Balaban J connectivity index is 2.09. The van der Waals surface area contributed by atoms with Crippen LogP contribution in [0.2, 0.25) is 0 Å². The van der Waals surface area contributed by atoms with Gasteiger partial charge in [0.2, 0.25) is 0 Å². The van der Waals surface area contributed by atoms with E-state index in [0.717, 1.165) is 48.0 Å².